The Balaban J connectivity index is 3.18. The zero-order valence-corrected chi connectivity index (χ0v) is 10.4. The van der Waals surface area contributed by atoms with E-state index in [2.05, 4.69) is 0 Å². The van der Waals surface area contributed by atoms with Crippen LogP contribution in [0.2, 0.25) is 0 Å². The summed E-state index contributed by atoms with van der Waals surface area (Å²) in [5, 5.41) is 28.7. The van der Waals surface area contributed by atoms with Crippen LogP contribution in [0.5, 0.6) is 0 Å². The Bertz CT molecular complexity index is 508. The Labute approximate surface area is 108 Å². The fourth-order valence-corrected chi connectivity index (χ4v) is 1.68. The van der Waals surface area contributed by atoms with Gasteiger partial charge >= 0.3 is 11.9 Å². The number of nitrogens with zero attached hydrogens (tertiary/aromatic N) is 1. The molecule has 7 heteroatoms. The predicted molar refractivity (Wildman–Crippen MR) is 64.9 cm³/mol. The highest BCUT2D eigenvalue weighted by Crippen LogP contribution is 2.36. The number of nitro groups is 1. The minimum Gasteiger partial charge on any atom is -0.480 e. The van der Waals surface area contributed by atoms with Crippen molar-refractivity contribution < 1.29 is 24.7 Å². The summed E-state index contributed by atoms with van der Waals surface area (Å²) < 4.78 is 0. The first-order valence-corrected chi connectivity index (χ1v) is 5.42. The average Bonchev–Trinajstić information content (AvgIpc) is 2.36. The van der Waals surface area contributed by atoms with Gasteiger partial charge < -0.3 is 10.2 Å². The Morgan fingerprint density at radius 2 is 1.63 bits per heavy atom. The number of carbonyl (C=O) groups is 2. The molecule has 0 bridgehead atoms. The van der Waals surface area contributed by atoms with E-state index >= 15 is 0 Å². The van der Waals surface area contributed by atoms with Crippen LogP contribution in [-0.4, -0.2) is 27.1 Å². The van der Waals surface area contributed by atoms with Crippen LogP contribution < -0.4 is 0 Å². The van der Waals surface area contributed by atoms with Crippen molar-refractivity contribution in [3.63, 3.8) is 0 Å². The normalized spacial score (nSPS) is 12.7. The first-order chi connectivity index (χ1) is 8.71. The van der Waals surface area contributed by atoms with Crippen LogP contribution in [0, 0.1) is 15.5 Å². The summed E-state index contributed by atoms with van der Waals surface area (Å²) in [6, 6.07) is 5.17. The second kappa shape index (κ2) is 5.05. The van der Waals surface area contributed by atoms with E-state index in [4.69, 9.17) is 10.2 Å². The quantitative estimate of drug-likeness (QED) is 0.477. The van der Waals surface area contributed by atoms with Crippen molar-refractivity contribution in [2.75, 3.05) is 0 Å². The Hall–Kier alpha value is -2.44. The van der Waals surface area contributed by atoms with Gasteiger partial charge in [-0.2, -0.15) is 0 Å². The standard InChI is InChI=1S/C12H13NO6/c1-7(12(2,10(14)15)11(16)17)8-3-5-9(6-4-8)13(18)19/h3-7H,1-2H3,(H,14,15)(H,16,17). The van der Waals surface area contributed by atoms with Crippen LogP contribution in [0.25, 0.3) is 0 Å². The van der Waals surface area contributed by atoms with E-state index in [1.54, 1.807) is 0 Å². The van der Waals surface area contributed by atoms with Gasteiger partial charge in [-0.1, -0.05) is 19.1 Å². The number of non-ortho nitro benzene ring substituents is 1. The van der Waals surface area contributed by atoms with E-state index < -0.39 is 28.2 Å². The van der Waals surface area contributed by atoms with Gasteiger partial charge in [0.05, 0.1) is 4.92 Å². The Morgan fingerprint density at radius 1 is 1.21 bits per heavy atom. The molecule has 0 amide bonds. The van der Waals surface area contributed by atoms with E-state index in [1.165, 1.54) is 31.2 Å². The number of hydrogen-bond acceptors (Lipinski definition) is 4. The summed E-state index contributed by atoms with van der Waals surface area (Å²) in [5.41, 5.74) is -1.71. The zero-order chi connectivity index (χ0) is 14.8. The molecule has 0 aliphatic carbocycles. The molecular weight excluding hydrogens is 254 g/mol. The van der Waals surface area contributed by atoms with Crippen LogP contribution in [0.15, 0.2) is 24.3 Å². The molecule has 1 aromatic carbocycles. The van der Waals surface area contributed by atoms with Gasteiger partial charge in [-0.05, 0) is 12.5 Å². The van der Waals surface area contributed by atoms with Crippen molar-refractivity contribution in [3.05, 3.63) is 39.9 Å². The lowest BCUT2D eigenvalue weighted by Crippen LogP contribution is -2.40. The third-order valence-electron chi connectivity index (χ3n) is 3.36. The monoisotopic (exact) mass is 267 g/mol. The maximum Gasteiger partial charge on any atom is 0.321 e. The molecule has 0 radical (unpaired) electrons. The molecule has 1 rings (SSSR count). The average molecular weight is 267 g/mol. The van der Waals surface area contributed by atoms with Gasteiger partial charge in [-0.25, -0.2) is 0 Å². The van der Waals surface area contributed by atoms with Crippen molar-refractivity contribution in [1.82, 2.24) is 0 Å². The fraction of sp³-hybridized carbons (Fsp3) is 0.333. The van der Waals surface area contributed by atoms with Gasteiger partial charge in [0, 0.05) is 18.1 Å². The van der Waals surface area contributed by atoms with Crippen molar-refractivity contribution in [2.24, 2.45) is 5.41 Å². The first-order valence-electron chi connectivity index (χ1n) is 5.42. The molecule has 0 saturated carbocycles. The minimum absolute atomic E-state index is 0.136. The van der Waals surface area contributed by atoms with Crippen LogP contribution in [0.4, 0.5) is 5.69 Å². The molecule has 7 nitrogen and oxygen atoms in total. The highest BCUT2D eigenvalue weighted by atomic mass is 16.6. The number of carboxylic acid groups (broad SMARTS) is 2. The fourth-order valence-electron chi connectivity index (χ4n) is 1.68. The molecule has 0 heterocycles. The molecule has 0 aromatic heterocycles. The molecule has 19 heavy (non-hydrogen) atoms. The number of hydrogen-bond donors (Lipinski definition) is 2. The molecule has 2 N–H and O–H groups in total. The van der Waals surface area contributed by atoms with Gasteiger partial charge in [-0.15, -0.1) is 0 Å². The van der Waals surface area contributed by atoms with Crippen molar-refractivity contribution in [1.29, 1.82) is 0 Å². The number of rotatable bonds is 5. The summed E-state index contributed by atoms with van der Waals surface area (Å²) in [6.07, 6.45) is 0. The third kappa shape index (κ3) is 2.54. The molecule has 102 valence electrons. The van der Waals surface area contributed by atoms with E-state index in [-0.39, 0.29) is 5.69 Å². The van der Waals surface area contributed by atoms with Gasteiger partial charge in [0.1, 0.15) is 0 Å². The second-order valence-electron chi connectivity index (χ2n) is 4.38. The smallest absolute Gasteiger partial charge is 0.321 e. The number of benzene rings is 1. The highest BCUT2D eigenvalue weighted by molar-refractivity contribution is 5.98. The Kier molecular flexibility index (Phi) is 3.89. The molecule has 0 aliphatic heterocycles. The lowest BCUT2D eigenvalue weighted by atomic mass is 9.74. The van der Waals surface area contributed by atoms with Crippen molar-refractivity contribution in [3.8, 4) is 0 Å². The molecule has 0 aliphatic rings. The summed E-state index contributed by atoms with van der Waals surface area (Å²) in [6.45, 7) is 2.58. The van der Waals surface area contributed by atoms with Crippen LogP contribution >= 0.6 is 0 Å². The molecule has 1 unspecified atom stereocenters. The van der Waals surface area contributed by atoms with Gasteiger partial charge in [0.25, 0.3) is 5.69 Å². The van der Waals surface area contributed by atoms with Gasteiger partial charge in [0.15, 0.2) is 5.41 Å². The lowest BCUT2D eigenvalue weighted by Gasteiger charge is -2.27. The van der Waals surface area contributed by atoms with E-state index in [1.807, 2.05) is 0 Å². The highest BCUT2D eigenvalue weighted by Gasteiger charge is 2.47. The van der Waals surface area contributed by atoms with Crippen LogP contribution in [0.1, 0.15) is 25.3 Å². The maximum absolute atomic E-state index is 11.2. The van der Waals surface area contributed by atoms with E-state index in [0.29, 0.717) is 5.56 Å². The number of nitro benzene ring substituents is 1. The van der Waals surface area contributed by atoms with E-state index in [9.17, 15) is 19.7 Å². The number of aliphatic carboxylic acids is 2. The Morgan fingerprint density at radius 3 is 1.95 bits per heavy atom. The third-order valence-corrected chi connectivity index (χ3v) is 3.36. The SMILES string of the molecule is CC(c1ccc([N+](=O)[O-])cc1)C(C)(C(=O)O)C(=O)O. The van der Waals surface area contributed by atoms with Crippen molar-refractivity contribution in [2.45, 2.75) is 19.8 Å². The lowest BCUT2D eigenvalue weighted by molar-refractivity contribution is -0.384. The molecule has 1 atom stereocenters. The summed E-state index contributed by atoms with van der Waals surface area (Å²) in [5.74, 6) is -3.74. The number of carboxylic acids is 2. The second-order valence-corrected chi connectivity index (χ2v) is 4.38. The van der Waals surface area contributed by atoms with Crippen LogP contribution in [-0.2, 0) is 9.59 Å². The molecule has 0 spiro atoms. The largest absolute Gasteiger partial charge is 0.480 e. The molecular formula is C12H13NO6. The molecule has 1 aromatic rings. The van der Waals surface area contributed by atoms with Crippen molar-refractivity contribution >= 4 is 17.6 Å². The van der Waals surface area contributed by atoms with E-state index in [0.717, 1.165) is 6.92 Å². The van der Waals surface area contributed by atoms with Crippen LogP contribution in [0.3, 0.4) is 0 Å². The molecule has 0 saturated heterocycles. The van der Waals surface area contributed by atoms with Gasteiger partial charge in [0.2, 0.25) is 0 Å². The molecule has 0 fully saturated rings. The summed E-state index contributed by atoms with van der Waals surface area (Å²) >= 11 is 0. The summed E-state index contributed by atoms with van der Waals surface area (Å²) in [4.78, 5) is 32.3. The van der Waals surface area contributed by atoms with Gasteiger partial charge in [-0.3, -0.25) is 19.7 Å². The minimum atomic E-state index is -1.99. The summed E-state index contributed by atoms with van der Waals surface area (Å²) in [7, 11) is 0. The predicted octanol–water partition coefficient (Wildman–Crippen LogP) is 1.87. The first kappa shape index (κ1) is 14.6. The zero-order valence-electron chi connectivity index (χ0n) is 10.4. The maximum atomic E-state index is 11.2. The topological polar surface area (TPSA) is 118 Å².